The lowest BCUT2D eigenvalue weighted by atomic mass is 10.0. The van der Waals surface area contributed by atoms with Crippen molar-refractivity contribution in [3.63, 3.8) is 0 Å². The number of alkyl halides is 3. The fraction of sp³-hybridized carbons (Fsp3) is 0.455. The highest BCUT2D eigenvalue weighted by molar-refractivity contribution is 5.80. The van der Waals surface area contributed by atoms with Gasteiger partial charge >= 0.3 is 6.18 Å². The maximum atomic E-state index is 13.5. The summed E-state index contributed by atoms with van der Waals surface area (Å²) in [5, 5.41) is 14.5. The summed E-state index contributed by atoms with van der Waals surface area (Å²) in [5.74, 6) is 0.504. The van der Waals surface area contributed by atoms with Crippen molar-refractivity contribution in [3.05, 3.63) is 47.5 Å². The van der Waals surface area contributed by atoms with E-state index in [0.717, 1.165) is 36.4 Å². The van der Waals surface area contributed by atoms with Crippen LogP contribution in [0.4, 0.5) is 13.2 Å². The van der Waals surface area contributed by atoms with Crippen LogP contribution in [-0.2, 0) is 23.9 Å². The van der Waals surface area contributed by atoms with E-state index in [-0.39, 0.29) is 24.0 Å². The summed E-state index contributed by atoms with van der Waals surface area (Å²) >= 11 is 0. The molecule has 0 spiro atoms. The van der Waals surface area contributed by atoms with Crippen LogP contribution in [-0.4, -0.2) is 31.9 Å². The number of rotatable bonds is 7. The summed E-state index contributed by atoms with van der Waals surface area (Å²) in [6, 6.07) is 6.89. The van der Waals surface area contributed by atoms with Crippen molar-refractivity contribution < 1.29 is 22.4 Å². The van der Waals surface area contributed by atoms with E-state index in [9.17, 15) is 18.0 Å². The van der Waals surface area contributed by atoms with Crippen molar-refractivity contribution >= 4 is 5.91 Å². The molecule has 1 fully saturated rings. The number of benzene rings is 1. The van der Waals surface area contributed by atoms with E-state index in [1.807, 2.05) is 0 Å². The third-order valence-corrected chi connectivity index (χ3v) is 5.66. The summed E-state index contributed by atoms with van der Waals surface area (Å²) in [5.41, 5.74) is 5.56. The van der Waals surface area contributed by atoms with Crippen LogP contribution in [0.2, 0.25) is 0 Å². The van der Waals surface area contributed by atoms with Crippen LogP contribution in [0.5, 0.6) is 0 Å². The summed E-state index contributed by atoms with van der Waals surface area (Å²) < 4.78 is 47.2. The molecule has 0 radical (unpaired) electrons. The average Bonchev–Trinajstić information content (AvgIpc) is 3.52. The van der Waals surface area contributed by atoms with Gasteiger partial charge in [-0.05, 0) is 43.4 Å². The summed E-state index contributed by atoms with van der Waals surface area (Å²) in [6.45, 7) is 1.73. The fourth-order valence-corrected chi connectivity index (χ4v) is 3.92. The van der Waals surface area contributed by atoms with Crippen LogP contribution in [0.25, 0.3) is 17.3 Å². The SMILES string of the molecule is C[C@H](N)C(=O)NCc1cccc(-n2nc(C(F)(F)F)cc2-c2nnc(CC3CCCC3)o2)c1. The number of carbonyl (C=O) groups excluding carboxylic acids is 1. The number of nitrogens with one attached hydrogen (secondary N) is 1. The zero-order chi connectivity index (χ0) is 23.6. The van der Waals surface area contributed by atoms with Gasteiger partial charge in [0.2, 0.25) is 11.8 Å². The monoisotopic (exact) mass is 462 g/mol. The first-order valence-electron chi connectivity index (χ1n) is 10.8. The van der Waals surface area contributed by atoms with Crippen molar-refractivity contribution in [2.75, 3.05) is 0 Å². The minimum Gasteiger partial charge on any atom is -0.419 e. The largest absolute Gasteiger partial charge is 0.435 e. The first-order valence-corrected chi connectivity index (χ1v) is 10.8. The van der Waals surface area contributed by atoms with Gasteiger partial charge in [-0.1, -0.05) is 25.0 Å². The van der Waals surface area contributed by atoms with Crippen LogP contribution < -0.4 is 11.1 Å². The lowest BCUT2D eigenvalue weighted by Gasteiger charge is -2.10. The van der Waals surface area contributed by atoms with Gasteiger partial charge in [-0.25, -0.2) is 4.68 Å². The number of hydrogen-bond acceptors (Lipinski definition) is 6. The molecule has 1 saturated carbocycles. The van der Waals surface area contributed by atoms with Gasteiger partial charge in [0.1, 0.15) is 5.69 Å². The lowest BCUT2D eigenvalue weighted by Crippen LogP contribution is -2.37. The highest BCUT2D eigenvalue weighted by atomic mass is 19.4. The summed E-state index contributed by atoms with van der Waals surface area (Å²) in [7, 11) is 0. The van der Waals surface area contributed by atoms with E-state index in [2.05, 4.69) is 20.6 Å². The van der Waals surface area contributed by atoms with E-state index in [1.54, 1.807) is 31.2 Å². The van der Waals surface area contributed by atoms with Gasteiger partial charge in [-0.3, -0.25) is 4.79 Å². The molecule has 1 aliphatic rings. The van der Waals surface area contributed by atoms with Crippen LogP contribution in [0.15, 0.2) is 34.7 Å². The first-order chi connectivity index (χ1) is 15.7. The number of hydrogen-bond donors (Lipinski definition) is 2. The van der Waals surface area contributed by atoms with Gasteiger partial charge in [0.05, 0.1) is 11.7 Å². The predicted molar refractivity (Wildman–Crippen MR) is 113 cm³/mol. The van der Waals surface area contributed by atoms with Gasteiger partial charge < -0.3 is 15.5 Å². The molecule has 8 nitrogen and oxygen atoms in total. The first kappa shape index (κ1) is 23.0. The van der Waals surface area contributed by atoms with Crippen molar-refractivity contribution in [3.8, 4) is 17.3 Å². The number of amides is 1. The van der Waals surface area contributed by atoms with Gasteiger partial charge in [0.15, 0.2) is 5.69 Å². The minimum absolute atomic E-state index is 0.0262. The molecular formula is C22H25F3N6O2. The Kier molecular flexibility index (Phi) is 6.50. The third kappa shape index (κ3) is 5.41. The molecular weight excluding hydrogens is 437 g/mol. The zero-order valence-corrected chi connectivity index (χ0v) is 18.1. The van der Waals surface area contributed by atoms with E-state index in [1.165, 1.54) is 0 Å². The molecule has 3 N–H and O–H groups in total. The number of carbonyl (C=O) groups is 1. The second kappa shape index (κ2) is 9.34. The molecule has 0 unspecified atom stereocenters. The van der Waals surface area contributed by atoms with E-state index in [4.69, 9.17) is 10.2 Å². The lowest BCUT2D eigenvalue weighted by molar-refractivity contribution is -0.141. The number of aromatic nitrogens is 4. The Morgan fingerprint density at radius 2 is 2.03 bits per heavy atom. The summed E-state index contributed by atoms with van der Waals surface area (Å²) in [4.78, 5) is 11.7. The van der Waals surface area contributed by atoms with E-state index >= 15 is 0 Å². The zero-order valence-electron chi connectivity index (χ0n) is 18.1. The van der Waals surface area contributed by atoms with Crippen LogP contribution in [0.1, 0.15) is 49.8 Å². The normalized spacial score (nSPS) is 15.7. The Morgan fingerprint density at radius 1 is 1.27 bits per heavy atom. The number of nitrogens with two attached hydrogens (primary N) is 1. The van der Waals surface area contributed by atoms with Gasteiger partial charge in [-0.2, -0.15) is 18.3 Å². The second-order valence-electron chi connectivity index (χ2n) is 8.36. The van der Waals surface area contributed by atoms with Crippen molar-refractivity contribution in [1.29, 1.82) is 0 Å². The molecule has 1 aromatic carbocycles. The van der Waals surface area contributed by atoms with Crippen LogP contribution in [0, 0.1) is 5.92 Å². The van der Waals surface area contributed by atoms with Gasteiger partial charge in [-0.15, -0.1) is 10.2 Å². The van der Waals surface area contributed by atoms with Crippen molar-refractivity contribution in [1.82, 2.24) is 25.3 Å². The highest BCUT2D eigenvalue weighted by Crippen LogP contribution is 2.34. The molecule has 3 aromatic rings. The van der Waals surface area contributed by atoms with Crippen LogP contribution in [0.3, 0.4) is 0 Å². The standard InChI is InChI=1S/C22H25F3N6O2/c1-13(26)20(32)27-12-15-7-4-8-16(9-15)31-17(11-18(30-31)22(23,24)25)21-29-28-19(33-21)10-14-5-2-3-6-14/h4,7-9,11,13-14H,2-3,5-6,10,12,26H2,1H3,(H,27,32)/t13-/m0/s1. The molecule has 176 valence electrons. The molecule has 1 atom stereocenters. The Bertz CT molecular complexity index is 1120. The Labute approximate surface area is 188 Å². The average molecular weight is 462 g/mol. The minimum atomic E-state index is -4.64. The third-order valence-electron chi connectivity index (χ3n) is 5.66. The molecule has 0 bridgehead atoms. The molecule has 0 saturated heterocycles. The maximum Gasteiger partial charge on any atom is 0.435 e. The quantitative estimate of drug-likeness (QED) is 0.555. The maximum absolute atomic E-state index is 13.5. The van der Waals surface area contributed by atoms with Crippen molar-refractivity contribution in [2.45, 2.75) is 57.8 Å². The fourth-order valence-electron chi connectivity index (χ4n) is 3.92. The predicted octanol–water partition coefficient (Wildman–Crippen LogP) is 3.64. The van der Waals surface area contributed by atoms with Gasteiger partial charge in [0, 0.05) is 19.0 Å². The second-order valence-corrected chi connectivity index (χ2v) is 8.36. The number of nitrogens with zero attached hydrogens (tertiary/aromatic N) is 4. The van der Waals surface area contributed by atoms with E-state index < -0.39 is 17.9 Å². The molecule has 33 heavy (non-hydrogen) atoms. The summed E-state index contributed by atoms with van der Waals surface area (Å²) in [6.07, 6.45) is 0.459. The molecule has 0 aliphatic heterocycles. The van der Waals surface area contributed by atoms with Crippen molar-refractivity contribution in [2.24, 2.45) is 11.7 Å². The Morgan fingerprint density at radius 3 is 2.73 bits per heavy atom. The van der Waals surface area contributed by atoms with Gasteiger partial charge in [0.25, 0.3) is 5.89 Å². The highest BCUT2D eigenvalue weighted by Gasteiger charge is 2.36. The smallest absolute Gasteiger partial charge is 0.419 e. The Balaban J connectivity index is 1.64. The number of halogens is 3. The molecule has 2 aromatic heterocycles. The van der Waals surface area contributed by atoms with E-state index in [0.29, 0.717) is 29.5 Å². The Hall–Kier alpha value is -3.21. The van der Waals surface area contributed by atoms with Crippen LogP contribution >= 0.6 is 0 Å². The molecule has 1 aliphatic carbocycles. The molecule has 2 heterocycles. The molecule has 11 heteroatoms. The molecule has 1 amide bonds. The molecule has 4 rings (SSSR count). The topological polar surface area (TPSA) is 112 Å².